The van der Waals surface area contributed by atoms with E-state index in [-0.39, 0.29) is 25.7 Å². The summed E-state index contributed by atoms with van der Waals surface area (Å²) >= 11 is 0. The first kappa shape index (κ1) is 104. The Balaban J connectivity index is 5.27. The first-order valence-corrected chi connectivity index (χ1v) is 48.0. The smallest absolute Gasteiger partial charge is 0.462 e. The molecule has 0 saturated carbocycles. The van der Waals surface area contributed by atoms with E-state index in [1.54, 1.807) is 0 Å². The molecule has 630 valence electrons. The molecule has 106 heavy (non-hydrogen) atoms. The van der Waals surface area contributed by atoms with E-state index in [1.165, 1.54) is 270 Å². The maximum Gasteiger partial charge on any atom is 0.472 e. The average molecular weight is 1550 g/mol. The maximum atomic E-state index is 13.2. The number of carbonyl (C=O) groups excluding carboxylic acids is 4. The molecule has 0 aromatic carbocycles. The van der Waals surface area contributed by atoms with Crippen molar-refractivity contribution in [2.24, 2.45) is 17.8 Å². The molecule has 0 aromatic heterocycles. The molecule has 0 amide bonds. The SMILES string of the molecule is CCCCCCCCCCCCCCCCCCCCC(=O)O[C@H](COC(=O)CCCCCCCCCCC(C)CC)COP(=O)(O)OC[C@H](O)COP(=O)(O)OC[C@@H](COC(=O)CCCCCCCCCCCCCCCCC(C)CC)OC(=O)CCCCCCCCCCCCCCCCC(C)CC. The van der Waals surface area contributed by atoms with Gasteiger partial charge in [-0.3, -0.25) is 37.3 Å². The first-order chi connectivity index (χ1) is 51.3. The number of hydrogen-bond acceptors (Lipinski definition) is 15. The zero-order chi connectivity index (χ0) is 77.9. The van der Waals surface area contributed by atoms with Crippen LogP contribution in [-0.2, 0) is 65.4 Å². The largest absolute Gasteiger partial charge is 0.472 e. The van der Waals surface area contributed by atoms with Gasteiger partial charge in [0.2, 0.25) is 0 Å². The third-order valence-corrected chi connectivity index (χ3v) is 23.4. The quantitative estimate of drug-likeness (QED) is 0.0222. The second kappa shape index (κ2) is 77.0. The van der Waals surface area contributed by atoms with E-state index < -0.39 is 97.5 Å². The molecule has 0 aliphatic heterocycles. The summed E-state index contributed by atoms with van der Waals surface area (Å²) in [7, 11) is -9.93. The van der Waals surface area contributed by atoms with Crippen molar-refractivity contribution in [2.75, 3.05) is 39.6 Å². The Morgan fingerprint density at radius 3 is 0.670 bits per heavy atom. The van der Waals surface area contributed by atoms with Gasteiger partial charge in [0, 0.05) is 25.7 Å². The standard InChI is InChI=1S/C87H170O17P2/c1-8-12-13-14-15-16-17-18-19-20-21-22-30-35-40-49-56-63-70-87(92)104-83(75-98-85(90)69-62-55-48-43-42-46-53-60-67-80(7)11-4)77-102-106(95,96)100-73-81(88)72-99-105(93,94)101-76-82(103-86(91)71-64-57-50-41-36-31-26-24-28-33-38-45-52-59-66-79(6)10-3)74-97-84(89)68-61-54-47-39-34-29-25-23-27-32-37-44-51-58-65-78(5)9-2/h78-83,88H,8-77H2,1-7H3,(H,93,94)(H,95,96)/t78?,79?,80?,81-,82-,83-/m1/s1. The Kier molecular flexibility index (Phi) is 75.6. The summed E-state index contributed by atoms with van der Waals surface area (Å²) in [5.74, 6) is 0.371. The molecule has 0 bridgehead atoms. The highest BCUT2D eigenvalue weighted by Crippen LogP contribution is 2.45. The molecule has 0 heterocycles. The zero-order valence-corrected chi connectivity index (χ0v) is 71.7. The lowest BCUT2D eigenvalue weighted by Gasteiger charge is -2.21. The molecule has 3 N–H and O–H groups in total. The van der Waals surface area contributed by atoms with E-state index in [4.69, 9.17) is 37.0 Å². The van der Waals surface area contributed by atoms with Crippen LogP contribution < -0.4 is 0 Å². The van der Waals surface area contributed by atoms with Crippen molar-refractivity contribution >= 4 is 39.5 Å². The van der Waals surface area contributed by atoms with E-state index in [0.29, 0.717) is 25.7 Å². The molecule has 5 unspecified atom stereocenters. The lowest BCUT2D eigenvalue weighted by Crippen LogP contribution is -2.30. The van der Waals surface area contributed by atoms with Gasteiger partial charge in [-0.05, 0) is 43.4 Å². The van der Waals surface area contributed by atoms with E-state index in [0.717, 1.165) is 108 Å². The topological polar surface area (TPSA) is 237 Å². The fraction of sp³-hybridized carbons (Fsp3) is 0.954. The van der Waals surface area contributed by atoms with Crippen LogP contribution in [0.1, 0.15) is 459 Å². The Hall–Kier alpha value is -1.94. The van der Waals surface area contributed by atoms with Crippen LogP contribution in [0.15, 0.2) is 0 Å². The van der Waals surface area contributed by atoms with Gasteiger partial charge in [-0.25, -0.2) is 9.13 Å². The number of unbranched alkanes of at least 4 members (excludes halogenated alkanes) is 50. The fourth-order valence-corrected chi connectivity index (χ4v) is 15.0. The summed E-state index contributed by atoms with van der Waals surface area (Å²) in [4.78, 5) is 73.3. The van der Waals surface area contributed by atoms with E-state index in [2.05, 4.69) is 48.5 Å². The van der Waals surface area contributed by atoms with Gasteiger partial charge in [0.1, 0.15) is 19.3 Å². The third kappa shape index (κ3) is 76.1. The monoisotopic (exact) mass is 1550 g/mol. The molecular formula is C87H170O17P2. The molecule has 0 aliphatic rings. The molecule has 0 aliphatic carbocycles. The highest BCUT2D eigenvalue weighted by Gasteiger charge is 2.31. The second-order valence-electron chi connectivity index (χ2n) is 32.0. The van der Waals surface area contributed by atoms with Gasteiger partial charge in [0.05, 0.1) is 26.4 Å². The van der Waals surface area contributed by atoms with Gasteiger partial charge in [-0.2, -0.15) is 0 Å². The van der Waals surface area contributed by atoms with E-state index >= 15 is 0 Å². The van der Waals surface area contributed by atoms with Gasteiger partial charge < -0.3 is 33.8 Å². The molecule has 0 aromatic rings. The fourth-order valence-electron chi connectivity index (χ4n) is 13.4. The van der Waals surface area contributed by atoms with Crippen LogP contribution in [0.5, 0.6) is 0 Å². The lowest BCUT2D eigenvalue weighted by molar-refractivity contribution is -0.161. The highest BCUT2D eigenvalue weighted by molar-refractivity contribution is 7.47. The molecule has 0 radical (unpaired) electrons. The summed E-state index contributed by atoms with van der Waals surface area (Å²) in [5.41, 5.74) is 0. The van der Waals surface area contributed by atoms with Gasteiger partial charge in [-0.1, -0.05) is 408 Å². The Labute approximate surface area is 651 Å². The van der Waals surface area contributed by atoms with Crippen LogP contribution >= 0.6 is 15.6 Å². The van der Waals surface area contributed by atoms with E-state index in [1.807, 2.05) is 0 Å². The Bertz CT molecular complexity index is 2050. The van der Waals surface area contributed by atoms with Crippen LogP contribution in [0.2, 0.25) is 0 Å². The molecular weight excluding hydrogens is 1380 g/mol. The number of rotatable bonds is 85. The van der Waals surface area contributed by atoms with Crippen LogP contribution in [0.3, 0.4) is 0 Å². The van der Waals surface area contributed by atoms with Crippen molar-refractivity contribution in [3.63, 3.8) is 0 Å². The number of aliphatic hydroxyl groups is 1. The number of hydrogen-bond donors (Lipinski definition) is 3. The van der Waals surface area contributed by atoms with Crippen LogP contribution in [0, 0.1) is 17.8 Å². The number of aliphatic hydroxyl groups excluding tert-OH is 1. The van der Waals surface area contributed by atoms with Crippen molar-refractivity contribution in [1.29, 1.82) is 0 Å². The van der Waals surface area contributed by atoms with Gasteiger partial charge in [0.15, 0.2) is 12.2 Å². The van der Waals surface area contributed by atoms with Crippen molar-refractivity contribution < 1.29 is 80.2 Å². The minimum absolute atomic E-state index is 0.108. The number of phosphoric acid groups is 2. The summed E-state index contributed by atoms with van der Waals surface area (Å²) in [5, 5.41) is 10.7. The Morgan fingerprint density at radius 2 is 0.453 bits per heavy atom. The molecule has 0 saturated heterocycles. The molecule has 0 spiro atoms. The number of ether oxygens (including phenoxy) is 4. The summed E-state index contributed by atoms with van der Waals surface area (Å²) in [6, 6.07) is 0. The lowest BCUT2D eigenvalue weighted by atomic mass is 9.99. The van der Waals surface area contributed by atoms with Crippen molar-refractivity contribution in [1.82, 2.24) is 0 Å². The highest BCUT2D eigenvalue weighted by atomic mass is 31.2. The van der Waals surface area contributed by atoms with Crippen molar-refractivity contribution in [2.45, 2.75) is 478 Å². The zero-order valence-electron chi connectivity index (χ0n) is 69.9. The predicted molar refractivity (Wildman–Crippen MR) is 437 cm³/mol. The summed E-state index contributed by atoms with van der Waals surface area (Å²) < 4.78 is 69.0. The molecule has 0 rings (SSSR count). The van der Waals surface area contributed by atoms with Gasteiger partial charge in [0.25, 0.3) is 0 Å². The van der Waals surface area contributed by atoms with Crippen LogP contribution in [0.4, 0.5) is 0 Å². The summed E-state index contributed by atoms with van der Waals surface area (Å²) in [6.07, 6.45) is 67.8. The minimum atomic E-state index is -4.97. The van der Waals surface area contributed by atoms with Gasteiger partial charge in [-0.15, -0.1) is 0 Å². The molecule has 19 heteroatoms. The minimum Gasteiger partial charge on any atom is -0.462 e. The third-order valence-electron chi connectivity index (χ3n) is 21.5. The predicted octanol–water partition coefficient (Wildman–Crippen LogP) is 26.5. The van der Waals surface area contributed by atoms with E-state index in [9.17, 15) is 43.2 Å². The van der Waals surface area contributed by atoms with Gasteiger partial charge >= 0.3 is 39.5 Å². The Morgan fingerprint density at radius 1 is 0.264 bits per heavy atom. The molecule has 8 atom stereocenters. The summed E-state index contributed by atoms with van der Waals surface area (Å²) in [6.45, 7) is 12.1. The first-order valence-electron chi connectivity index (χ1n) is 45.0. The number of phosphoric ester groups is 2. The average Bonchev–Trinajstić information content (AvgIpc) is 0.903. The van der Waals surface area contributed by atoms with Crippen molar-refractivity contribution in [3.8, 4) is 0 Å². The molecule has 17 nitrogen and oxygen atoms in total. The maximum absolute atomic E-state index is 13.2. The number of esters is 4. The number of carbonyl (C=O) groups is 4. The molecule has 0 fully saturated rings. The normalized spacial score (nSPS) is 14.6. The van der Waals surface area contributed by atoms with Crippen LogP contribution in [0.25, 0.3) is 0 Å². The van der Waals surface area contributed by atoms with Crippen molar-refractivity contribution in [3.05, 3.63) is 0 Å². The second-order valence-corrected chi connectivity index (χ2v) is 34.9. The van der Waals surface area contributed by atoms with Crippen LogP contribution in [-0.4, -0.2) is 96.7 Å².